The molecule has 5 nitrogen and oxygen atoms in total. The van der Waals surface area contributed by atoms with Crippen molar-refractivity contribution in [3.63, 3.8) is 0 Å². The van der Waals surface area contributed by atoms with Crippen LogP contribution in [0, 0.1) is 0 Å². The fraction of sp³-hybridized carbons (Fsp3) is 0.429. The van der Waals surface area contributed by atoms with Gasteiger partial charge in [-0.25, -0.2) is 13.7 Å². The van der Waals surface area contributed by atoms with Crippen LogP contribution in [0.5, 0.6) is 0 Å². The number of nitrogens with two attached hydrogens (primary N) is 2. The lowest BCUT2D eigenvalue weighted by atomic mass is 9.92. The van der Waals surface area contributed by atoms with E-state index in [1.54, 1.807) is 4.90 Å². The Labute approximate surface area is 142 Å². The number of benzene rings is 1. The van der Waals surface area contributed by atoms with Crippen molar-refractivity contribution in [2.75, 3.05) is 24.6 Å². The minimum Gasteiger partial charge on any atom is -0.359 e. The van der Waals surface area contributed by atoms with Gasteiger partial charge in [0.25, 0.3) is 6.43 Å². The van der Waals surface area contributed by atoms with Gasteiger partial charge in [-0.1, -0.05) is 0 Å². The molecule has 1 aromatic carbocycles. The average molecular weight is 383 g/mol. The molecular formula is C14H14F5N3O2S. The van der Waals surface area contributed by atoms with Gasteiger partial charge in [0.1, 0.15) is 11.6 Å². The van der Waals surface area contributed by atoms with Gasteiger partial charge in [0.15, 0.2) is 0 Å². The van der Waals surface area contributed by atoms with E-state index in [4.69, 9.17) is 11.6 Å². The van der Waals surface area contributed by atoms with Gasteiger partial charge in [0, 0.05) is 23.2 Å². The molecule has 1 aliphatic heterocycles. The maximum Gasteiger partial charge on any atom is 0.416 e. The highest BCUT2D eigenvalue weighted by Gasteiger charge is 2.43. The van der Waals surface area contributed by atoms with E-state index >= 15 is 0 Å². The predicted molar refractivity (Wildman–Crippen MR) is 82.1 cm³/mol. The Hall–Kier alpha value is -1.53. The maximum absolute atomic E-state index is 13.5. The molecule has 0 aliphatic carbocycles. The first-order chi connectivity index (χ1) is 11.6. The minimum absolute atomic E-state index is 0.0346. The van der Waals surface area contributed by atoms with Gasteiger partial charge in [-0.3, -0.25) is 0 Å². The van der Waals surface area contributed by atoms with Crippen LogP contribution in [-0.2, 0) is 16.1 Å². The first-order valence-electron chi connectivity index (χ1n) is 7.08. The van der Waals surface area contributed by atoms with Crippen LogP contribution in [0.15, 0.2) is 18.2 Å². The molecule has 3 rings (SSSR count). The molecule has 0 atom stereocenters. The van der Waals surface area contributed by atoms with E-state index < -0.39 is 29.3 Å². The third-order valence-electron chi connectivity index (χ3n) is 3.97. The molecule has 0 spiro atoms. The standard InChI is InChI=1S/C14H14F5N3O2S/c15-11(16)10-8-3-7(14(17,18)19)1-2-9(8)25-12(10)22-4-13(20,5-22)6-23-24-21/h1-3,11H,4-6,20-21H2. The molecule has 0 unspecified atom stereocenters. The molecule has 25 heavy (non-hydrogen) atoms. The molecule has 1 fully saturated rings. The van der Waals surface area contributed by atoms with Crippen LogP contribution in [-0.4, -0.2) is 25.2 Å². The van der Waals surface area contributed by atoms with E-state index in [1.165, 1.54) is 6.07 Å². The molecule has 1 aliphatic rings. The van der Waals surface area contributed by atoms with E-state index in [2.05, 4.69) is 9.88 Å². The number of rotatable bonds is 5. The molecule has 138 valence electrons. The summed E-state index contributed by atoms with van der Waals surface area (Å²) in [6.45, 7) is 0.344. The second-order valence-corrected chi connectivity index (χ2v) is 6.94. The highest BCUT2D eigenvalue weighted by molar-refractivity contribution is 7.23. The monoisotopic (exact) mass is 383 g/mol. The first kappa shape index (κ1) is 18.3. The lowest BCUT2D eigenvalue weighted by Gasteiger charge is -2.47. The van der Waals surface area contributed by atoms with Crippen molar-refractivity contribution in [2.45, 2.75) is 18.1 Å². The molecule has 1 saturated heterocycles. The zero-order valence-electron chi connectivity index (χ0n) is 12.6. The summed E-state index contributed by atoms with van der Waals surface area (Å²) >= 11 is 1.01. The van der Waals surface area contributed by atoms with Crippen LogP contribution >= 0.6 is 11.3 Å². The van der Waals surface area contributed by atoms with Crippen molar-refractivity contribution < 1.29 is 31.8 Å². The van der Waals surface area contributed by atoms with Crippen LogP contribution in [0.25, 0.3) is 10.1 Å². The van der Waals surface area contributed by atoms with Gasteiger partial charge in [-0.05, 0) is 18.2 Å². The Morgan fingerprint density at radius 3 is 2.52 bits per heavy atom. The lowest BCUT2D eigenvalue weighted by Crippen LogP contribution is -2.70. The Morgan fingerprint density at radius 1 is 1.28 bits per heavy atom. The third-order valence-corrected chi connectivity index (χ3v) is 5.21. The zero-order valence-corrected chi connectivity index (χ0v) is 13.5. The van der Waals surface area contributed by atoms with Gasteiger partial charge in [-0.2, -0.15) is 19.1 Å². The Bertz CT molecular complexity index is 774. The number of hydrogen-bond acceptors (Lipinski definition) is 6. The van der Waals surface area contributed by atoms with Gasteiger partial charge in [-0.15, -0.1) is 16.3 Å². The molecule has 11 heteroatoms. The number of alkyl halides is 5. The summed E-state index contributed by atoms with van der Waals surface area (Å²) < 4.78 is 66.0. The van der Waals surface area contributed by atoms with E-state index in [9.17, 15) is 22.0 Å². The molecule has 0 saturated carbocycles. The van der Waals surface area contributed by atoms with Gasteiger partial charge in [0.2, 0.25) is 0 Å². The minimum atomic E-state index is -4.60. The summed E-state index contributed by atoms with van der Waals surface area (Å²) in [5.41, 5.74) is 3.78. The largest absolute Gasteiger partial charge is 0.416 e. The average Bonchev–Trinajstić information content (AvgIpc) is 2.87. The van der Waals surface area contributed by atoms with Crippen LogP contribution < -0.4 is 16.5 Å². The van der Waals surface area contributed by atoms with Crippen molar-refractivity contribution in [3.05, 3.63) is 29.3 Å². The highest BCUT2D eigenvalue weighted by atomic mass is 32.1. The second kappa shape index (κ2) is 6.32. The van der Waals surface area contributed by atoms with Crippen molar-refractivity contribution in [1.82, 2.24) is 0 Å². The SMILES string of the molecule is NOOCC1(N)CN(c2sc3ccc(C(F)(F)F)cc3c2C(F)F)C1. The van der Waals surface area contributed by atoms with Gasteiger partial charge in [0.05, 0.1) is 16.7 Å². The number of hydrogen-bond donors (Lipinski definition) is 2. The topological polar surface area (TPSA) is 73.7 Å². The fourth-order valence-electron chi connectivity index (χ4n) is 2.83. The van der Waals surface area contributed by atoms with Crippen LogP contribution in [0.3, 0.4) is 0 Å². The van der Waals surface area contributed by atoms with Crippen LogP contribution in [0.1, 0.15) is 17.6 Å². The smallest absolute Gasteiger partial charge is 0.359 e. The predicted octanol–water partition coefficient (Wildman–Crippen LogP) is 3.20. The molecule has 2 aromatic rings. The summed E-state index contributed by atoms with van der Waals surface area (Å²) in [5.74, 6) is 4.74. The number of thiophene rings is 1. The molecule has 0 amide bonds. The molecular weight excluding hydrogens is 369 g/mol. The third kappa shape index (κ3) is 3.42. The Morgan fingerprint density at radius 2 is 1.96 bits per heavy atom. The molecule has 2 heterocycles. The van der Waals surface area contributed by atoms with E-state index in [0.29, 0.717) is 4.70 Å². The van der Waals surface area contributed by atoms with E-state index in [1.807, 2.05) is 0 Å². The van der Waals surface area contributed by atoms with Crippen molar-refractivity contribution >= 4 is 26.4 Å². The Kier molecular flexibility index (Phi) is 4.62. The van der Waals surface area contributed by atoms with Crippen LogP contribution in [0.2, 0.25) is 0 Å². The Balaban J connectivity index is 1.95. The highest BCUT2D eigenvalue weighted by Crippen LogP contribution is 2.47. The molecule has 0 bridgehead atoms. The number of halogens is 5. The molecule has 1 aromatic heterocycles. The first-order valence-corrected chi connectivity index (χ1v) is 7.90. The second-order valence-electron chi connectivity index (χ2n) is 5.91. The summed E-state index contributed by atoms with van der Waals surface area (Å²) in [6.07, 6.45) is -7.51. The van der Waals surface area contributed by atoms with E-state index in [0.717, 1.165) is 23.5 Å². The summed E-state index contributed by atoms with van der Waals surface area (Å²) in [7, 11) is 0. The van der Waals surface area contributed by atoms with Crippen molar-refractivity contribution in [1.29, 1.82) is 0 Å². The summed E-state index contributed by atoms with van der Waals surface area (Å²) in [5, 5.41) is 0.111. The lowest BCUT2D eigenvalue weighted by molar-refractivity contribution is -0.308. The fourth-order valence-corrected chi connectivity index (χ4v) is 4.02. The molecule has 4 N–H and O–H groups in total. The molecule has 0 radical (unpaired) electrons. The zero-order chi connectivity index (χ0) is 18.4. The summed E-state index contributed by atoms with van der Waals surface area (Å²) in [4.78, 5) is 10.1. The maximum atomic E-state index is 13.5. The van der Waals surface area contributed by atoms with Crippen LogP contribution in [0.4, 0.5) is 27.0 Å². The van der Waals surface area contributed by atoms with Crippen molar-refractivity contribution in [3.8, 4) is 0 Å². The number of anilines is 1. The van der Waals surface area contributed by atoms with E-state index in [-0.39, 0.29) is 30.1 Å². The van der Waals surface area contributed by atoms with Gasteiger partial charge >= 0.3 is 6.18 Å². The van der Waals surface area contributed by atoms with Crippen molar-refractivity contribution in [2.24, 2.45) is 11.6 Å². The summed E-state index contributed by atoms with van der Waals surface area (Å²) in [6, 6.07) is 2.85. The van der Waals surface area contributed by atoms with Gasteiger partial charge < -0.3 is 10.6 Å². The number of nitrogens with zero attached hydrogens (tertiary/aromatic N) is 1. The quantitative estimate of drug-likeness (QED) is 0.471. The normalized spacial score (nSPS) is 17.4. The number of fused-ring (bicyclic) bond motifs is 1.